The predicted molar refractivity (Wildman–Crippen MR) is 92.0 cm³/mol. The number of pyridine rings is 1. The Morgan fingerprint density at radius 1 is 1.21 bits per heavy atom. The van der Waals surface area contributed by atoms with Crippen molar-refractivity contribution in [3.8, 4) is 0 Å². The number of urea groups is 1. The van der Waals surface area contributed by atoms with Gasteiger partial charge in [0.1, 0.15) is 5.69 Å². The third kappa shape index (κ3) is 3.65. The number of aromatic nitrogens is 1. The van der Waals surface area contributed by atoms with Gasteiger partial charge in [0.15, 0.2) is 0 Å². The summed E-state index contributed by atoms with van der Waals surface area (Å²) in [6, 6.07) is 12.8. The number of aliphatic hydroxyl groups is 1. The molecule has 0 aliphatic carbocycles. The second kappa shape index (κ2) is 7.31. The Bertz CT molecular complexity index is 758. The summed E-state index contributed by atoms with van der Waals surface area (Å²) in [6.07, 6.45) is 2.50. The number of carbonyl (C=O) groups is 1. The van der Waals surface area contributed by atoms with Gasteiger partial charge in [-0.1, -0.05) is 30.3 Å². The molecule has 2 amide bonds. The molecule has 2 N–H and O–H groups in total. The smallest absolute Gasteiger partial charge is 0.322 e. The van der Waals surface area contributed by atoms with Crippen LogP contribution in [-0.4, -0.2) is 40.3 Å². The van der Waals surface area contributed by atoms with E-state index in [9.17, 15) is 9.59 Å². The monoisotopic (exact) mass is 327 g/mol. The molecule has 2 aromatic rings. The van der Waals surface area contributed by atoms with E-state index in [0.29, 0.717) is 19.6 Å². The van der Waals surface area contributed by atoms with Gasteiger partial charge in [0.25, 0.3) is 5.56 Å². The molecule has 2 heterocycles. The van der Waals surface area contributed by atoms with Crippen molar-refractivity contribution in [2.75, 3.05) is 25.0 Å². The highest BCUT2D eigenvalue weighted by Crippen LogP contribution is 2.16. The Hall–Kier alpha value is -2.60. The van der Waals surface area contributed by atoms with E-state index in [1.807, 2.05) is 30.3 Å². The second-order valence-electron chi connectivity index (χ2n) is 6.05. The van der Waals surface area contributed by atoms with Crippen LogP contribution in [-0.2, 0) is 6.54 Å². The molecular formula is C18H21N3O3. The molecule has 1 aromatic carbocycles. The molecule has 0 spiro atoms. The van der Waals surface area contributed by atoms with Crippen LogP contribution in [0.25, 0.3) is 0 Å². The lowest BCUT2D eigenvalue weighted by Gasteiger charge is -2.17. The second-order valence-corrected chi connectivity index (χ2v) is 6.05. The quantitative estimate of drug-likeness (QED) is 0.898. The van der Waals surface area contributed by atoms with Crippen LogP contribution in [0.1, 0.15) is 12.0 Å². The lowest BCUT2D eigenvalue weighted by molar-refractivity contribution is 0.208. The Kier molecular flexibility index (Phi) is 4.96. The van der Waals surface area contributed by atoms with Crippen molar-refractivity contribution in [2.45, 2.75) is 13.0 Å². The van der Waals surface area contributed by atoms with Gasteiger partial charge >= 0.3 is 6.03 Å². The highest BCUT2D eigenvalue weighted by Gasteiger charge is 2.26. The highest BCUT2D eigenvalue weighted by molar-refractivity contribution is 5.89. The van der Waals surface area contributed by atoms with E-state index >= 15 is 0 Å². The first-order chi connectivity index (χ1) is 11.7. The van der Waals surface area contributed by atoms with Crippen molar-refractivity contribution >= 4 is 11.7 Å². The van der Waals surface area contributed by atoms with Gasteiger partial charge in [0, 0.05) is 31.8 Å². The molecule has 126 valence electrons. The van der Waals surface area contributed by atoms with Crippen molar-refractivity contribution in [1.82, 2.24) is 9.47 Å². The Morgan fingerprint density at radius 3 is 2.71 bits per heavy atom. The summed E-state index contributed by atoms with van der Waals surface area (Å²) in [4.78, 5) is 26.5. The minimum atomic E-state index is -0.291. The standard InChI is InChI=1S/C18H21N3O3/c22-13-15-8-10-21(12-15)18(24)19-16-7-4-9-20(17(16)23)11-14-5-2-1-3-6-14/h1-7,9,15,22H,8,10-13H2,(H,19,24). The fourth-order valence-electron chi connectivity index (χ4n) is 2.90. The van der Waals surface area contributed by atoms with E-state index in [-0.39, 0.29) is 29.8 Å². The van der Waals surface area contributed by atoms with Gasteiger partial charge in [0.05, 0.1) is 6.54 Å². The third-order valence-corrected chi connectivity index (χ3v) is 4.29. The number of hydrogen-bond acceptors (Lipinski definition) is 3. The molecular weight excluding hydrogens is 306 g/mol. The molecule has 1 aliphatic rings. The van der Waals surface area contributed by atoms with Crippen molar-refractivity contribution in [3.63, 3.8) is 0 Å². The van der Waals surface area contributed by atoms with Gasteiger partial charge in [-0.25, -0.2) is 4.79 Å². The summed E-state index contributed by atoms with van der Waals surface area (Å²) in [5, 5.41) is 11.9. The van der Waals surface area contributed by atoms with Crippen LogP contribution in [0, 0.1) is 5.92 Å². The number of hydrogen-bond donors (Lipinski definition) is 2. The average molecular weight is 327 g/mol. The number of nitrogens with zero attached hydrogens (tertiary/aromatic N) is 2. The minimum Gasteiger partial charge on any atom is -0.396 e. The molecule has 1 atom stereocenters. The molecule has 0 radical (unpaired) electrons. The first-order valence-electron chi connectivity index (χ1n) is 8.07. The summed E-state index contributed by atoms with van der Waals surface area (Å²) >= 11 is 0. The van der Waals surface area contributed by atoms with Crippen molar-refractivity contribution in [2.24, 2.45) is 5.92 Å². The van der Waals surface area contributed by atoms with E-state index in [4.69, 9.17) is 5.11 Å². The molecule has 1 fully saturated rings. The Balaban J connectivity index is 1.71. The maximum atomic E-state index is 12.5. The highest BCUT2D eigenvalue weighted by atomic mass is 16.3. The topological polar surface area (TPSA) is 74.6 Å². The number of amides is 2. The number of benzene rings is 1. The van der Waals surface area contributed by atoms with Gasteiger partial charge in [-0.2, -0.15) is 0 Å². The Labute approximate surface area is 140 Å². The molecule has 24 heavy (non-hydrogen) atoms. The molecule has 3 rings (SSSR count). The zero-order valence-electron chi connectivity index (χ0n) is 13.4. The van der Waals surface area contributed by atoms with E-state index in [0.717, 1.165) is 12.0 Å². The maximum Gasteiger partial charge on any atom is 0.322 e. The molecule has 1 unspecified atom stereocenters. The summed E-state index contributed by atoms with van der Waals surface area (Å²) in [7, 11) is 0. The van der Waals surface area contributed by atoms with E-state index in [1.165, 1.54) is 0 Å². The first kappa shape index (κ1) is 16.3. The summed E-state index contributed by atoms with van der Waals surface area (Å²) < 4.78 is 1.57. The van der Waals surface area contributed by atoms with Crippen LogP contribution in [0.15, 0.2) is 53.5 Å². The molecule has 6 nitrogen and oxygen atoms in total. The van der Waals surface area contributed by atoms with Gasteiger partial charge in [-0.05, 0) is 24.1 Å². The van der Waals surface area contributed by atoms with Gasteiger partial charge < -0.3 is 19.9 Å². The summed E-state index contributed by atoms with van der Waals surface area (Å²) in [6.45, 7) is 1.66. The van der Waals surface area contributed by atoms with Crippen molar-refractivity contribution in [3.05, 3.63) is 64.6 Å². The minimum absolute atomic E-state index is 0.0823. The number of rotatable bonds is 4. The van der Waals surface area contributed by atoms with Crippen molar-refractivity contribution in [1.29, 1.82) is 0 Å². The fraction of sp³-hybridized carbons (Fsp3) is 0.333. The lowest BCUT2D eigenvalue weighted by atomic mass is 10.1. The molecule has 1 saturated heterocycles. The van der Waals surface area contributed by atoms with Gasteiger partial charge in [-0.15, -0.1) is 0 Å². The van der Waals surface area contributed by atoms with Gasteiger partial charge in [-0.3, -0.25) is 4.79 Å². The maximum absolute atomic E-state index is 12.5. The molecule has 0 saturated carbocycles. The van der Waals surface area contributed by atoms with Crippen molar-refractivity contribution < 1.29 is 9.90 Å². The SMILES string of the molecule is O=C(Nc1cccn(Cc2ccccc2)c1=O)N1CCC(CO)C1. The van der Waals surface area contributed by atoms with Crippen LogP contribution in [0.3, 0.4) is 0 Å². The van der Waals surface area contributed by atoms with E-state index in [2.05, 4.69) is 5.32 Å². The number of aliphatic hydroxyl groups excluding tert-OH is 1. The normalized spacial score (nSPS) is 17.0. The largest absolute Gasteiger partial charge is 0.396 e. The van der Waals surface area contributed by atoms with Crippen LogP contribution < -0.4 is 10.9 Å². The number of anilines is 1. The van der Waals surface area contributed by atoms with Crippen LogP contribution >= 0.6 is 0 Å². The summed E-state index contributed by atoms with van der Waals surface area (Å²) in [5.74, 6) is 0.126. The average Bonchev–Trinajstić information content (AvgIpc) is 3.09. The number of carbonyl (C=O) groups excluding carboxylic acids is 1. The molecule has 0 bridgehead atoms. The molecule has 1 aliphatic heterocycles. The van der Waals surface area contributed by atoms with Crippen LogP contribution in [0.5, 0.6) is 0 Å². The molecule has 1 aromatic heterocycles. The van der Waals surface area contributed by atoms with E-state index < -0.39 is 0 Å². The first-order valence-corrected chi connectivity index (χ1v) is 8.07. The number of likely N-dealkylation sites (tertiary alicyclic amines) is 1. The van der Waals surface area contributed by atoms with Gasteiger partial charge in [0.2, 0.25) is 0 Å². The van der Waals surface area contributed by atoms with Crippen LogP contribution in [0.2, 0.25) is 0 Å². The number of nitrogens with one attached hydrogen (secondary N) is 1. The Morgan fingerprint density at radius 2 is 2.00 bits per heavy atom. The zero-order chi connectivity index (χ0) is 16.9. The third-order valence-electron chi connectivity index (χ3n) is 4.29. The zero-order valence-corrected chi connectivity index (χ0v) is 13.4. The summed E-state index contributed by atoms with van der Waals surface area (Å²) in [5.41, 5.74) is 1.06. The predicted octanol–water partition coefficient (Wildman–Crippen LogP) is 1.74. The lowest BCUT2D eigenvalue weighted by Crippen LogP contribution is -2.35. The van der Waals surface area contributed by atoms with E-state index in [1.54, 1.807) is 27.8 Å². The fourth-order valence-corrected chi connectivity index (χ4v) is 2.90. The van der Waals surface area contributed by atoms with Crippen LogP contribution in [0.4, 0.5) is 10.5 Å². The molecule has 6 heteroatoms.